The molecule has 1 atom stereocenters. The Labute approximate surface area is 151 Å². The molecule has 0 unspecified atom stereocenters. The number of sulfone groups is 1. The van der Waals surface area contributed by atoms with E-state index >= 15 is 0 Å². The zero-order valence-corrected chi connectivity index (χ0v) is 15.3. The standard InChI is InChI=1S/C17H21NO5S2/c19-8-9-23-16(14-6-10-24-13-14)12-18-17(20)7-11-25(21,22)15-4-2-1-3-5-15/h1-6,10,13,16,19H,7-9,11-12H2,(H,18,20)/t16-/m1/s1. The first-order chi connectivity index (χ1) is 12.0. The summed E-state index contributed by atoms with van der Waals surface area (Å²) in [5, 5.41) is 15.4. The van der Waals surface area contributed by atoms with Gasteiger partial charge in [0.1, 0.15) is 6.10 Å². The molecule has 1 heterocycles. The molecule has 2 aromatic rings. The largest absolute Gasteiger partial charge is 0.394 e. The maximum atomic E-state index is 12.2. The van der Waals surface area contributed by atoms with Crippen molar-refractivity contribution in [3.8, 4) is 0 Å². The number of nitrogens with one attached hydrogen (secondary N) is 1. The summed E-state index contributed by atoms with van der Waals surface area (Å²) in [6, 6.07) is 9.96. The molecule has 0 aliphatic heterocycles. The van der Waals surface area contributed by atoms with E-state index in [0.717, 1.165) is 5.56 Å². The minimum absolute atomic E-state index is 0.107. The summed E-state index contributed by atoms with van der Waals surface area (Å²) in [5.41, 5.74) is 0.913. The van der Waals surface area contributed by atoms with Gasteiger partial charge in [0.2, 0.25) is 5.91 Å². The maximum absolute atomic E-state index is 12.2. The molecule has 1 aromatic carbocycles. The van der Waals surface area contributed by atoms with Gasteiger partial charge in [0.15, 0.2) is 9.84 Å². The molecule has 6 nitrogen and oxygen atoms in total. The second-order valence-corrected chi connectivity index (χ2v) is 8.21. The van der Waals surface area contributed by atoms with Gasteiger partial charge in [0.05, 0.1) is 23.9 Å². The average Bonchev–Trinajstić information content (AvgIpc) is 3.15. The predicted octanol–water partition coefficient (Wildman–Crippen LogP) is 1.78. The summed E-state index contributed by atoms with van der Waals surface area (Å²) in [6.07, 6.45) is -0.485. The number of aliphatic hydroxyl groups is 1. The first-order valence-corrected chi connectivity index (χ1v) is 10.4. The molecular weight excluding hydrogens is 362 g/mol. The van der Waals surface area contributed by atoms with Crippen LogP contribution in [0.15, 0.2) is 52.1 Å². The minimum atomic E-state index is -3.47. The molecule has 2 rings (SSSR count). The van der Waals surface area contributed by atoms with Gasteiger partial charge < -0.3 is 15.2 Å². The number of thiophene rings is 1. The second kappa shape index (κ2) is 9.67. The fourth-order valence-electron chi connectivity index (χ4n) is 2.19. The van der Waals surface area contributed by atoms with Gasteiger partial charge in [-0.3, -0.25) is 4.79 Å². The van der Waals surface area contributed by atoms with Crippen LogP contribution in [0.2, 0.25) is 0 Å². The van der Waals surface area contributed by atoms with E-state index < -0.39 is 9.84 Å². The maximum Gasteiger partial charge on any atom is 0.221 e. The van der Waals surface area contributed by atoms with E-state index in [9.17, 15) is 13.2 Å². The average molecular weight is 383 g/mol. The van der Waals surface area contributed by atoms with Gasteiger partial charge in [0.25, 0.3) is 0 Å². The molecule has 8 heteroatoms. The van der Waals surface area contributed by atoms with Gasteiger partial charge in [-0.2, -0.15) is 11.3 Å². The Morgan fingerprint density at radius 1 is 1.24 bits per heavy atom. The minimum Gasteiger partial charge on any atom is -0.394 e. The molecule has 0 aliphatic carbocycles. The third-order valence-corrected chi connectivity index (χ3v) is 5.94. The fraction of sp³-hybridized carbons (Fsp3) is 0.353. The van der Waals surface area contributed by atoms with Crippen LogP contribution in [0.1, 0.15) is 18.1 Å². The van der Waals surface area contributed by atoms with Crippen LogP contribution in [0.25, 0.3) is 0 Å². The van der Waals surface area contributed by atoms with Crippen LogP contribution in [0, 0.1) is 0 Å². The van der Waals surface area contributed by atoms with E-state index in [2.05, 4.69) is 5.32 Å². The summed E-state index contributed by atoms with van der Waals surface area (Å²) in [7, 11) is -3.47. The third kappa shape index (κ3) is 6.24. The van der Waals surface area contributed by atoms with E-state index in [4.69, 9.17) is 9.84 Å². The molecule has 25 heavy (non-hydrogen) atoms. The molecule has 0 radical (unpaired) electrons. The van der Waals surface area contributed by atoms with Crippen molar-refractivity contribution in [2.24, 2.45) is 0 Å². The highest BCUT2D eigenvalue weighted by Gasteiger charge is 2.18. The molecule has 0 spiro atoms. The zero-order valence-electron chi connectivity index (χ0n) is 13.6. The lowest BCUT2D eigenvalue weighted by atomic mass is 10.2. The zero-order chi connectivity index (χ0) is 18.1. The molecular formula is C17H21NO5S2. The Balaban J connectivity index is 1.85. The Hall–Kier alpha value is -1.74. The Morgan fingerprint density at radius 2 is 2.00 bits per heavy atom. The Morgan fingerprint density at radius 3 is 2.64 bits per heavy atom. The van der Waals surface area contributed by atoms with E-state index in [1.165, 1.54) is 23.5 Å². The lowest BCUT2D eigenvalue weighted by Gasteiger charge is -2.17. The number of carbonyl (C=O) groups is 1. The first-order valence-electron chi connectivity index (χ1n) is 7.82. The van der Waals surface area contributed by atoms with E-state index in [1.807, 2.05) is 16.8 Å². The first kappa shape index (κ1) is 19.6. The molecule has 1 aromatic heterocycles. The molecule has 0 fully saturated rings. The normalized spacial score (nSPS) is 12.7. The van der Waals surface area contributed by atoms with Gasteiger partial charge in [0, 0.05) is 13.0 Å². The van der Waals surface area contributed by atoms with Crippen molar-refractivity contribution in [2.45, 2.75) is 17.4 Å². The number of amides is 1. The number of ether oxygens (including phenoxy) is 1. The molecule has 0 saturated carbocycles. The van der Waals surface area contributed by atoms with Gasteiger partial charge in [-0.05, 0) is 34.5 Å². The van der Waals surface area contributed by atoms with E-state index in [1.54, 1.807) is 18.2 Å². The van der Waals surface area contributed by atoms with Crippen molar-refractivity contribution in [3.05, 3.63) is 52.7 Å². The highest BCUT2D eigenvalue weighted by Crippen LogP contribution is 2.19. The van der Waals surface area contributed by atoms with Crippen LogP contribution in [-0.4, -0.2) is 44.9 Å². The molecule has 0 bridgehead atoms. The van der Waals surface area contributed by atoms with Gasteiger partial charge in [-0.1, -0.05) is 18.2 Å². The summed E-state index contributed by atoms with van der Waals surface area (Å²) >= 11 is 1.51. The number of rotatable bonds is 10. The van der Waals surface area contributed by atoms with Crippen LogP contribution < -0.4 is 5.32 Å². The van der Waals surface area contributed by atoms with Crippen molar-refractivity contribution in [1.82, 2.24) is 5.32 Å². The Bertz CT molecular complexity index is 745. The molecule has 0 saturated heterocycles. The van der Waals surface area contributed by atoms with E-state index in [-0.39, 0.29) is 48.8 Å². The van der Waals surface area contributed by atoms with Crippen molar-refractivity contribution in [2.75, 3.05) is 25.5 Å². The van der Waals surface area contributed by atoms with Crippen LogP contribution in [-0.2, 0) is 19.4 Å². The smallest absolute Gasteiger partial charge is 0.221 e. The second-order valence-electron chi connectivity index (χ2n) is 5.33. The van der Waals surface area contributed by atoms with Gasteiger partial charge in [-0.25, -0.2) is 8.42 Å². The number of carbonyl (C=O) groups excluding carboxylic acids is 1. The summed E-state index contributed by atoms with van der Waals surface area (Å²) < 4.78 is 29.9. The Kier molecular flexibility index (Phi) is 7.57. The quantitative estimate of drug-likeness (QED) is 0.652. The van der Waals surface area contributed by atoms with Gasteiger partial charge in [-0.15, -0.1) is 0 Å². The molecule has 1 amide bonds. The van der Waals surface area contributed by atoms with Crippen LogP contribution in [0.4, 0.5) is 0 Å². The van der Waals surface area contributed by atoms with Crippen molar-refractivity contribution < 1.29 is 23.1 Å². The van der Waals surface area contributed by atoms with Crippen molar-refractivity contribution >= 4 is 27.1 Å². The number of benzene rings is 1. The number of hydrogen-bond acceptors (Lipinski definition) is 6. The highest BCUT2D eigenvalue weighted by molar-refractivity contribution is 7.91. The summed E-state index contributed by atoms with van der Waals surface area (Å²) in [4.78, 5) is 12.2. The van der Waals surface area contributed by atoms with Crippen molar-refractivity contribution in [3.63, 3.8) is 0 Å². The summed E-state index contributed by atoms with van der Waals surface area (Å²) in [6.45, 7) is 0.281. The third-order valence-electron chi connectivity index (χ3n) is 3.51. The van der Waals surface area contributed by atoms with E-state index in [0.29, 0.717) is 0 Å². The molecule has 0 aliphatic rings. The highest BCUT2D eigenvalue weighted by atomic mass is 32.2. The SMILES string of the molecule is O=C(CCS(=O)(=O)c1ccccc1)NC[C@@H](OCCO)c1ccsc1. The lowest BCUT2D eigenvalue weighted by molar-refractivity contribution is -0.121. The number of aliphatic hydroxyl groups excluding tert-OH is 1. The number of hydrogen-bond donors (Lipinski definition) is 2. The topological polar surface area (TPSA) is 92.7 Å². The van der Waals surface area contributed by atoms with Crippen molar-refractivity contribution in [1.29, 1.82) is 0 Å². The fourth-order valence-corrected chi connectivity index (χ4v) is 4.16. The molecule has 136 valence electrons. The lowest BCUT2D eigenvalue weighted by Crippen LogP contribution is -2.31. The summed E-state index contributed by atoms with van der Waals surface area (Å²) in [5.74, 6) is -0.601. The van der Waals surface area contributed by atoms with Crippen LogP contribution in [0.5, 0.6) is 0 Å². The molecule has 2 N–H and O–H groups in total. The van der Waals surface area contributed by atoms with Crippen LogP contribution in [0.3, 0.4) is 0 Å². The monoisotopic (exact) mass is 383 g/mol. The predicted molar refractivity (Wildman–Crippen MR) is 96.2 cm³/mol. The van der Waals surface area contributed by atoms with Crippen LogP contribution >= 0.6 is 11.3 Å². The van der Waals surface area contributed by atoms with Gasteiger partial charge >= 0.3 is 0 Å².